The lowest BCUT2D eigenvalue weighted by Gasteiger charge is -2.20. The Morgan fingerprint density at radius 3 is 2.72 bits per heavy atom. The number of anilines is 2. The Kier molecular flexibility index (Phi) is 3.61. The molecule has 0 amide bonds. The van der Waals surface area contributed by atoms with E-state index in [1.807, 2.05) is 18.2 Å². The normalized spacial score (nSPS) is 13.9. The number of aromatic nitrogens is 2. The molecule has 0 spiro atoms. The van der Waals surface area contributed by atoms with Crippen molar-refractivity contribution in [2.45, 2.75) is 11.3 Å². The summed E-state index contributed by atoms with van der Waals surface area (Å²) in [6.07, 6.45) is 3.60. The molecule has 6 nitrogen and oxygen atoms in total. The highest BCUT2D eigenvalue weighted by Crippen LogP contribution is 2.38. The minimum absolute atomic E-state index is 0.269. The molecule has 0 unspecified atom stereocenters. The zero-order chi connectivity index (χ0) is 17.6. The fraction of sp³-hybridized carbons (Fsp3) is 0.222. The molecule has 0 N–H and O–H groups in total. The number of rotatable bonds is 3. The summed E-state index contributed by atoms with van der Waals surface area (Å²) in [5, 5.41) is 0.731. The number of methoxy groups -OCH3 is 1. The van der Waals surface area contributed by atoms with Crippen LogP contribution in [0.2, 0.25) is 0 Å². The second-order valence-corrected chi connectivity index (χ2v) is 8.06. The van der Waals surface area contributed by atoms with Gasteiger partial charge in [0.25, 0.3) is 0 Å². The Morgan fingerprint density at radius 1 is 1.12 bits per heavy atom. The number of hydrogen-bond donors (Lipinski definition) is 0. The van der Waals surface area contributed by atoms with Crippen molar-refractivity contribution < 1.29 is 13.2 Å². The van der Waals surface area contributed by atoms with Crippen LogP contribution >= 0.6 is 0 Å². The molecule has 128 valence electrons. The van der Waals surface area contributed by atoms with Gasteiger partial charge in [0.15, 0.2) is 9.84 Å². The molecular weight excluding hydrogens is 338 g/mol. The van der Waals surface area contributed by atoms with Gasteiger partial charge < -0.3 is 9.64 Å². The van der Waals surface area contributed by atoms with Crippen LogP contribution in [-0.4, -0.2) is 38.3 Å². The lowest BCUT2D eigenvalue weighted by atomic mass is 10.1. The van der Waals surface area contributed by atoms with E-state index in [1.165, 1.54) is 18.1 Å². The molecule has 0 fully saturated rings. The second kappa shape index (κ2) is 5.70. The Labute approximate surface area is 146 Å². The first-order valence-corrected chi connectivity index (χ1v) is 9.76. The van der Waals surface area contributed by atoms with Gasteiger partial charge in [-0.2, -0.15) is 0 Å². The summed E-state index contributed by atoms with van der Waals surface area (Å²) >= 11 is 0. The molecule has 1 aliphatic heterocycles. The van der Waals surface area contributed by atoms with Crippen LogP contribution in [-0.2, 0) is 16.3 Å². The SMILES string of the molecule is COc1ccc2c(c1)CCN2c1ncnc2ccc(S(C)(=O)=O)cc12. The van der Waals surface area contributed by atoms with Crippen molar-refractivity contribution in [1.29, 1.82) is 0 Å². The molecular formula is C18H17N3O3S. The van der Waals surface area contributed by atoms with Crippen molar-refractivity contribution in [2.24, 2.45) is 0 Å². The predicted molar refractivity (Wildman–Crippen MR) is 96.4 cm³/mol. The van der Waals surface area contributed by atoms with Gasteiger partial charge in [-0.3, -0.25) is 0 Å². The number of nitrogens with zero attached hydrogens (tertiary/aromatic N) is 3. The standard InChI is InChI=1S/C18H17N3O3S/c1-24-13-3-6-17-12(9-13)7-8-21(17)18-15-10-14(25(2,22)23)4-5-16(15)19-11-20-18/h3-6,9-11H,7-8H2,1-2H3. The molecule has 0 saturated heterocycles. The monoisotopic (exact) mass is 355 g/mol. The van der Waals surface area contributed by atoms with Crippen molar-refractivity contribution in [3.63, 3.8) is 0 Å². The topological polar surface area (TPSA) is 72.4 Å². The van der Waals surface area contributed by atoms with E-state index < -0.39 is 9.84 Å². The number of benzene rings is 2. The average Bonchev–Trinajstić information content (AvgIpc) is 3.02. The van der Waals surface area contributed by atoms with Crippen LogP contribution in [0, 0.1) is 0 Å². The molecule has 2 aromatic carbocycles. The van der Waals surface area contributed by atoms with Crippen molar-refractivity contribution in [3.8, 4) is 5.75 Å². The van der Waals surface area contributed by atoms with E-state index in [0.29, 0.717) is 0 Å². The highest BCUT2D eigenvalue weighted by atomic mass is 32.2. The molecule has 0 radical (unpaired) electrons. The van der Waals surface area contributed by atoms with Gasteiger partial charge in [0.05, 0.1) is 17.5 Å². The molecule has 4 rings (SSSR count). The van der Waals surface area contributed by atoms with Gasteiger partial charge in [-0.1, -0.05) is 0 Å². The van der Waals surface area contributed by atoms with Crippen molar-refractivity contribution >= 4 is 32.2 Å². The quantitative estimate of drug-likeness (QED) is 0.719. The van der Waals surface area contributed by atoms with Crippen LogP contribution in [0.15, 0.2) is 47.6 Å². The van der Waals surface area contributed by atoms with Gasteiger partial charge in [-0.25, -0.2) is 18.4 Å². The second-order valence-electron chi connectivity index (χ2n) is 6.04. The minimum atomic E-state index is -3.29. The maximum absolute atomic E-state index is 11.9. The lowest BCUT2D eigenvalue weighted by Crippen LogP contribution is -2.15. The van der Waals surface area contributed by atoms with Crippen molar-refractivity contribution in [2.75, 3.05) is 24.8 Å². The maximum atomic E-state index is 11.9. The molecule has 7 heteroatoms. The number of ether oxygens (including phenoxy) is 1. The summed E-state index contributed by atoms with van der Waals surface area (Å²) in [6, 6.07) is 10.9. The fourth-order valence-electron chi connectivity index (χ4n) is 3.19. The molecule has 3 aromatic rings. The summed E-state index contributed by atoms with van der Waals surface area (Å²) in [4.78, 5) is 11.1. The van der Waals surface area contributed by atoms with E-state index in [0.717, 1.165) is 41.1 Å². The van der Waals surface area contributed by atoms with Crippen LogP contribution in [0.25, 0.3) is 10.9 Å². The largest absolute Gasteiger partial charge is 0.497 e. The molecule has 0 atom stereocenters. The zero-order valence-electron chi connectivity index (χ0n) is 13.9. The Balaban J connectivity index is 1.89. The van der Waals surface area contributed by atoms with Gasteiger partial charge in [-0.05, 0) is 48.4 Å². The van der Waals surface area contributed by atoms with Crippen LogP contribution in [0.5, 0.6) is 5.75 Å². The summed E-state index contributed by atoms with van der Waals surface area (Å²) in [5.41, 5.74) is 2.97. The Hall–Kier alpha value is -2.67. The van der Waals surface area contributed by atoms with Crippen LogP contribution in [0.4, 0.5) is 11.5 Å². The first-order valence-electron chi connectivity index (χ1n) is 7.86. The molecule has 25 heavy (non-hydrogen) atoms. The van der Waals surface area contributed by atoms with Crippen molar-refractivity contribution in [3.05, 3.63) is 48.3 Å². The highest BCUT2D eigenvalue weighted by molar-refractivity contribution is 7.90. The molecule has 1 aromatic heterocycles. The minimum Gasteiger partial charge on any atom is -0.497 e. The zero-order valence-corrected chi connectivity index (χ0v) is 14.7. The summed E-state index contributed by atoms with van der Waals surface area (Å²) in [5.74, 6) is 1.55. The Bertz CT molecular complexity index is 1080. The van der Waals surface area contributed by atoms with E-state index >= 15 is 0 Å². The van der Waals surface area contributed by atoms with Crippen LogP contribution in [0.1, 0.15) is 5.56 Å². The van der Waals surface area contributed by atoms with Gasteiger partial charge in [0.1, 0.15) is 17.9 Å². The molecule has 0 aliphatic carbocycles. The number of sulfone groups is 1. The van der Waals surface area contributed by atoms with E-state index in [1.54, 1.807) is 25.3 Å². The average molecular weight is 355 g/mol. The number of fused-ring (bicyclic) bond motifs is 2. The summed E-state index contributed by atoms with van der Waals surface area (Å²) in [7, 11) is -1.64. The van der Waals surface area contributed by atoms with Gasteiger partial charge in [-0.15, -0.1) is 0 Å². The number of hydrogen-bond acceptors (Lipinski definition) is 6. The van der Waals surface area contributed by atoms with Crippen molar-refractivity contribution in [1.82, 2.24) is 9.97 Å². The summed E-state index contributed by atoms with van der Waals surface area (Å²) < 4.78 is 29.1. The van der Waals surface area contributed by atoms with Gasteiger partial charge in [0.2, 0.25) is 0 Å². The van der Waals surface area contributed by atoms with E-state index in [4.69, 9.17) is 4.74 Å². The molecule has 0 bridgehead atoms. The third-order valence-electron chi connectivity index (χ3n) is 4.45. The third kappa shape index (κ3) is 2.70. The third-order valence-corrected chi connectivity index (χ3v) is 5.56. The first kappa shape index (κ1) is 15.8. The van der Waals surface area contributed by atoms with Gasteiger partial charge >= 0.3 is 0 Å². The molecule has 0 saturated carbocycles. The van der Waals surface area contributed by atoms with E-state index in [2.05, 4.69) is 14.9 Å². The molecule has 2 heterocycles. The molecule has 1 aliphatic rings. The predicted octanol–water partition coefficient (Wildman–Crippen LogP) is 2.74. The maximum Gasteiger partial charge on any atom is 0.175 e. The van der Waals surface area contributed by atoms with Crippen LogP contribution in [0.3, 0.4) is 0 Å². The Morgan fingerprint density at radius 2 is 1.96 bits per heavy atom. The van der Waals surface area contributed by atoms with Gasteiger partial charge in [0, 0.05) is 23.9 Å². The smallest absolute Gasteiger partial charge is 0.175 e. The van der Waals surface area contributed by atoms with E-state index in [9.17, 15) is 8.42 Å². The van der Waals surface area contributed by atoms with E-state index in [-0.39, 0.29) is 4.90 Å². The fourth-order valence-corrected chi connectivity index (χ4v) is 3.84. The summed E-state index contributed by atoms with van der Waals surface area (Å²) in [6.45, 7) is 0.776. The first-order chi connectivity index (χ1) is 12.0. The van der Waals surface area contributed by atoms with Crippen LogP contribution < -0.4 is 9.64 Å². The lowest BCUT2D eigenvalue weighted by molar-refractivity contribution is 0.414. The highest BCUT2D eigenvalue weighted by Gasteiger charge is 2.24.